The summed E-state index contributed by atoms with van der Waals surface area (Å²) < 4.78 is 1.23. The van der Waals surface area contributed by atoms with E-state index in [-0.39, 0.29) is 0 Å². The Morgan fingerprint density at radius 1 is 1.11 bits per heavy atom. The Bertz CT molecular complexity index is 404. The van der Waals surface area contributed by atoms with E-state index < -0.39 is 0 Å². The van der Waals surface area contributed by atoms with Crippen molar-refractivity contribution in [3.05, 3.63) is 27.7 Å². The fraction of sp³-hybridized carbons (Fsp3) is 0.625. The minimum absolute atomic E-state index is 0.545. The van der Waals surface area contributed by atoms with Crippen LogP contribution in [0.1, 0.15) is 50.7 Å². The van der Waals surface area contributed by atoms with Gasteiger partial charge in [0.1, 0.15) is 0 Å². The van der Waals surface area contributed by atoms with E-state index in [0.717, 1.165) is 0 Å². The third-order valence-electron chi connectivity index (χ3n) is 4.15. The first-order chi connectivity index (χ1) is 8.37. The lowest BCUT2D eigenvalue weighted by Crippen LogP contribution is -2.29. The largest absolute Gasteiger partial charge is 0.382 e. The van der Waals surface area contributed by atoms with E-state index in [1.165, 1.54) is 47.0 Å². The lowest BCUT2D eigenvalue weighted by Gasteiger charge is -2.35. The Balaban J connectivity index is 2.03. The summed E-state index contributed by atoms with van der Waals surface area (Å²) >= 11 is 3.63. The van der Waals surface area contributed by atoms with Crippen LogP contribution in [0.3, 0.4) is 0 Å². The van der Waals surface area contributed by atoms with Crippen LogP contribution in [0.2, 0.25) is 0 Å². The van der Waals surface area contributed by atoms with Crippen LogP contribution >= 0.6 is 15.9 Å². The molecule has 2 heteroatoms. The van der Waals surface area contributed by atoms with E-state index in [4.69, 9.17) is 0 Å². The van der Waals surface area contributed by atoms with Crippen LogP contribution in [0.25, 0.3) is 0 Å². The van der Waals surface area contributed by atoms with Crippen LogP contribution in [0.5, 0.6) is 0 Å². The summed E-state index contributed by atoms with van der Waals surface area (Å²) in [6.45, 7) is 9.09. The van der Waals surface area contributed by atoms with Gasteiger partial charge in [0.15, 0.2) is 0 Å². The maximum atomic E-state index is 3.71. The molecule has 1 saturated carbocycles. The third kappa shape index (κ3) is 3.28. The van der Waals surface area contributed by atoms with Gasteiger partial charge in [-0.25, -0.2) is 0 Å². The first kappa shape index (κ1) is 13.9. The highest BCUT2D eigenvalue weighted by molar-refractivity contribution is 9.10. The predicted octanol–water partition coefficient (Wildman–Crippen LogP) is 5.45. The van der Waals surface area contributed by atoms with Crippen LogP contribution in [0.15, 0.2) is 16.6 Å². The summed E-state index contributed by atoms with van der Waals surface area (Å²) in [5.74, 6) is 0. The van der Waals surface area contributed by atoms with E-state index in [9.17, 15) is 0 Å². The van der Waals surface area contributed by atoms with Gasteiger partial charge in [0.25, 0.3) is 0 Å². The Kier molecular flexibility index (Phi) is 4.05. The normalized spacial score (nSPS) is 19.8. The van der Waals surface area contributed by atoms with Crippen molar-refractivity contribution in [2.24, 2.45) is 5.41 Å². The second-order valence-electron chi connectivity index (χ2n) is 6.51. The maximum Gasteiger partial charge on any atom is 0.0348 e. The quantitative estimate of drug-likeness (QED) is 0.766. The average molecular weight is 310 g/mol. The summed E-state index contributed by atoms with van der Waals surface area (Å²) in [4.78, 5) is 0. The number of anilines is 1. The highest BCUT2D eigenvalue weighted by Gasteiger charge is 2.26. The molecule has 1 aromatic carbocycles. The van der Waals surface area contributed by atoms with Gasteiger partial charge in [-0.05, 0) is 68.2 Å². The minimum atomic E-state index is 0.545. The second kappa shape index (κ2) is 5.24. The van der Waals surface area contributed by atoms with Crippen LogP contribution in [0, 0.1) is 19.3 Å². The molecule has 0 unspecified atom stereocenters. The summed E-state index contributed by atoms with van der Waals surface area (Å²) in [5.41, 5.74) is 4.45. The van der Waals surface area contributed by atoms with Gasteiger partial charge in [-0.15, -0.1) is 0 Å². The first-order valence-corrected chi connectivity index (χ1v) is 7.70. The van der Waals surface area contributed by atoms with Gasteiger partial charge in [-0.1, -0.05) is 29.8 Å². The van der Waals surface area contributed by atoms with Gasteiger partial charge < -0.3 is 5.32 Å². The third-order valence-corrected chi connectivity index (χ3v) is 5.40. The predicted molar refractivity (Wildman–Crippen MR) is 83.3 cm³/mol. The van der Waals surface area contributed by atoms with E-state index in [0.29, 0.717) is 11.5 Å². The Morgan fingerprint density at radius 3 is 2.11 bits per heavy atom. The van der Waals surface area contributed by atoms with Crippen molar-refractivity contribution in [1.29, 1.82) is 0 Å². The molecular weight excluding hydrogens is 286 g/mol. The van der Waals surface area contributed by atoms with E-state index >= 15 is 0 Å². The molecule has 0 amide bonds. The molecule has 0 spiro atoms. The van der Waals surface area contributed by atoms with Crippen LogP contribution in [-0.2, 0) is 0 Å². The molecule has 100 valence electrons. The van der Waals surface area contributed by atoms with Gasteiger partial charge in [-0.3, -0.25) is 0 Å². The van der Waals surface area contributed by atoms with Crippen molar-refractivity contribution in [3.8, 4) is 0 Å². The van der Waals surface area contributed by atoms with Crippen LogP contribution in [-0.4, -0.2) is 6.04 Å². The first-order valence-electron chi connectivity index (χ1n) is 6.91. The van der Waals surface area contributed by atoms with Crippen molar-refractivity contribution in [3.63, 3.8) is 0 Å². The molecule has 1 fully saturated rings. The zero-order chi connectivity index (χ0) is 13.3. The summed E-state index contributed by atoms with van der Waals surface area (Å²) in [6, 6.07) is 5.14. The molecule has 0 aliphatic heterocycles. The number of nitrogens with one attached hydrogen (secondary N) is 1. The number of halogens is 1. The summed E-state index contributed by atoms with van der Waals surface area (Å²) in [5, 5.41) is 3.71. The molecule has 1 aliphatic carbocycles. The van der Waals surface area contributed by atoms with Crippen LogP contribution < -0.4 is 5.32 Å². The molecule has 1 aromatic rings. The number of hydrogen-bond donors (Lipinski definition) is 1. The van der Waals surface area contributed by atoms with Crippen molar-refractivity contribution < 1.29 is 0 Å². The molecule has 0 aromatic heterocycles. The molecule has 18 heavy (non-hydrogen) atoms. The van der Waals surface area contributed by atoms with Gasteiger partial charge >= 0.3 is 0 Å². The molecular formula is C16H24BrN. The lowest BCUT2D eigenvalue weighted by atomic mass is 9.75. The molecule has 2 rings (SSSR count). The zero-order valence-corrected chi connectivity index (χ0v) is 13.5. The maximum absolute atomic E-state index is 3.71. The minimum Gasteiger partial charge on any atom is -0.382 e. The van der Waals surface area contributed by atoms with Crippen molar-refractivity contribution in [1.82, 2.24) is 0 Å². The van der Waals surface area contributed by atoms with Gasteiger partial charge in [-0.2, -0.15) is 0 Å². The summed E-state index contributed by atoms with van der Waals surface area (Å²) in [7, 11) is 0. The smallest absolute Gasteiger partial charge is 0.0348 e. The number of hydrogen-bond acceptors (Lipinski definition) is 1. The molecule has 0 saturated heterocycles. The second-order valence-corrected chi connectivity index (χ2v) is 7.30. The molecule has 1 aliphatic rings. The Morgan fingerprint density at radius 2 is 1.61 bits per heavy atom. The van der Waals surface area contributed by atoms with Gasteiger partial charge in [0.2, 0.25) is 0 Å². The lowest BCUT2D eigenvalue weighted by molar-refractivity contribution is 0.232. The molecule has 0 heterocycles. The number of rotatable bonds is 2. The SMILES string of the molecule is Cc1cc(NC2CCC(C)(C)CC2)cc(C)c1Br. The van der Waals surface area contributed by atoms with E-state index in [1.807, 2.05) is 0 Å². The molecule has 0 radical (unpaired) electrons. The molecule has 0 atom stereocenters. The van der Waals surface area contributed by atoms with E-state index in [1.54, 1.807) is 0 Å². The summed E-state index contributed by atoms with van der Waals surface area (Å²) in [6.07, 6.45) is 5.25. The average Bonchev–Trinajstić information content (AvgIpc) is 2.29. The zero-order valence-electron chi connectivity index (χ0n) is 11.9. The fourth-order valence-electron chi connectivity index (χ4n) is 2.81. The topological polar surface area (TPSA) is 12.0 Å². The number of aryl methyl sites for hydroxylation is 2. The molecule has 1 N–H and O–H groups in total. The molecule has 1 nitrogen and oxygen atoms in total. The van der Waals surface area contributed by atoms with Gasteiger partial charge in [0, 0.05) is 16.2 Å². The van der Waals surface area contributed by atoms with Gasteiger partial charge in [0.05, 0.1) is 0 Å². The van der Waals surface area contributed by atoms with Crippen molar-refractivity contribution in [2.45, 2.75) is 59.4 Å². The fourth-order valence-corrected chi connectivity index (χ4v) is 3.04. The standard InChI is InChI=1S/C16H24BrN/c1-11-9-14(10-12(2)15(11)17)18-13-5-7-16(3,4)8-6-13/h9-10,13,18H,5-8H2,1-4H3. The molecule has 0 bridgehead atoms. The Labute approximate surface area is 119 Å². The highest BCUT2D eigenvalue weighted by Crippen LogP contribution is 2.36. The van der Waals surface area contributed by atoms with E-state index in [2.05, 4.69) is 61.1 Å². The van der Waals surface area contributed by atoms with Crippen molar-refractivity contribution in [2.75, 3.05) is 5.32 Å². The Hall–Kier alpha value is -0.500. The highest BCUT2D eigenvalue weighted by atomic mass is 79.9. The monoisotopic (exact) mass is 309 g/mol. The van der Waals surface area contributed by atoms with Crippen molar-refractivity contribution >= 4 is 21.6 Å². The number of benzene rings is 1. The van der Waals surface area contributed by atoms with Crippen LogP contribution in [0.4, 0.5) is 5.69 Å².